The van der Waals surface area contributed by atoms with E-state index in [-0.39, 0.29) is 6.03 Å². The molecular weight excluding hydrogens is 294 g/mol. The number of nitrogens with zero attached hydrogens (tertiary/aromatic N) is 4. The van der Waals surface area contributed by atoms with Crippen molar-refractivity contribution in [1.29, 1.82) is 0 Å². The number of oxazole rings is 1. The van der Waals surface area contributed by atoms with Gasteiger partial charge in [-0.3, -0.25) is 4.68 Å². The highest BCUT2D eigenvalue weighted by Crippen LogP contribution is 2.29. The molecule has 2 amide bonds. The van der Waals surface area contributed by atoms with E-state index in [1.165, 1.54) is 5.69 Å². The molecule has 0 bridgehead atoms. The molecule has 7 nitrogen and oxygen atoms in total. The van der Waals surface area contributed by atoms with Crippen LogP contribution in [0, 0.1) is 6.92 Å². The zero-order valence-corrected chi connectivity index (χ0v) is 13.9. The molecule has 0 saturated heterocycles. The summed E-state index contributed by atoms with van der Waals surface area (Å²) in [6, 6.07) is -0.0173. The quantitative estimate of drug-likeness (QED) is 0.939. The van der Waals surface area contributed by atoms with E-state index in [9.17, 15) is 4.79 Å². The van der Waals surface area contributed by atoms with Crippen molar-refractivity contribution in [3.8, 4) is 11.6 Å². The summed E-state index contributed by atoms with van der Waals surface area (Å²) in [5.41, 5.74) is 2.98. The van der Waals surface area contributed by atoms with Crippen LogP contribution in [0.1, 0.15) is 37.3 Å². The van der Waals surface area contributed by atoms with Gasteiger partial charge in [0.1, 0.15) is 5.76 Å². The average molecular weight is 317 g/mol. The number of rotatable bonds is 4. The first-order chi connectivity index (χ1) is 11.1. The van der Waals surface area contributed by atoms with E-state index in [1.807, 2.05) is 23.4 Å². The van der Waals surface area contributed by atoms with Crippen molar-refractivity contribution in [3.05, 3.63) is 23.2 Å². The van der Waals surface area contributed by atoms with Crippen LogP contribution in [0.2, 0.25) is 0 Å². The topological polar surface area (TPSA) is 76.2 Å². The highest BCUT2D eigenvalue weighted by Gasteiger charge is 2.29. The minimum Gasteiger partial charge on any atom is -0.440 e. The second-order valence-corrected chi connectivity index (χ2v) is 5.77. The maximum atomic E-state index is 12.2. The second kappa shape index (κ2) is 6.44. The summed E-state index contributed by atoms with van der Waals surface area (Å²) in [7, 11) is 0. The molecule has 23 heavy (non-hydrogen) atoms. The van der Waals surface area contributed by atoms with Gasteiger partial charge in [0.2, 0.25) is 5.89 Å². The Morgan fingerprint density at radius 3 is 2.91 bits per heavy atom. The minimum atomic E-state index is -0.0173. The standard InChI is InChI=1S/C16H23N5O2/c1-4-7-17-16(22)20-8-6-13-12(10-20)14(19-21(13)5-2)15-18-9-11(3)23-15/h9H,4-8,10H2,1-3H3,(H,17,22). The molecule has 3 heterocycles. The number of carbonyl (C=O) groups excluding carboxylic acids is 1. The molecule has 0 aliphatic carbocycles. The number of aryl methyl sites for hydroxylation is 2. The maximum Gasteiger partial charge on any atom is 0.317 e. The Morgan fingerprint density at radius 2 is 2.26 bits per heavy atom. The van der Waals surface area contributed by atoms with Crippen molar-refractivity contribution in [2.75, 3.05) is 13.1 Å². The maximum absolute atomic E-state index is 12.2. The van der Waals surface area contributed by atoms with Crippen LogP contribution in [0.5, 0.6) is 0 Å². The lowest BCUT2D eigenvalue weighted by Crippen LogP contribution is -2.43. The molecule has 7 heteroatoms. The first-order valence-corrected chi connectivity index (χ1v) is 8.18. The molecule has 0 atom stereocenters. The van der Waals surface area contributed by atoms with Gasteiger partial charge in [-0.1, -0.05) is 6.92 Å². The van der Waals surface area contributed by atoms with Crippen molar-refractivity contribution < 1.29 is 9.21 Å². The lowest BCUT2D eigenvalue weighted by atomic mass is 10.1. The van der Waals surface area contributed by atoms with E-state index in [4.69, 9.17) is 4.42 Å². The molecule has 2 aromatic heterocycles. The van der Waals surface area contributed by atoms with Crippen LogP contribution >= 0.6 is 0 Å². The summed E-state index contributed by atoms with van der Waals surface area (Å²) in [4.78, 5) is 18.4. The van der Waals surface area contributed by atoms with Gasteiger partial charge in [-0.15, -0.1) is 0 Å². The summed E-state index contributed by atoms with van der Waals surface area (Å²) in [5, 5.41) is 7.59. The fraction of sp³-hybridized carbons (Fsp3) is 0.562. The van der Waals surface area contributed by atoms with Gasteiger partial charge >= 0.3 is 6.03 Å². The van der Waals surface area contributed by atoms with Crippen LogP contribution in [0.25, 0.3) is 11.6 Å². The van der Waals surface area contributed by atoms with Crippen LogP contribution < -0.4 is 5.32 Å². The predicted octanol–water partition coefficient (Wildman–Crippen LogP) is 2.34. The third-order valence-electron chi connectivity index (χ3n) is 4.07. The smallest absolute Gasteiger partial charge is 0.317 e. The molecular formula is C16H23N5O2. The van der Waals surface area contributed by atoms with Gasteiger partial charge in [-0.2, -0.15) is 5.10 Å². The molecule has 1 N–H and O–H groups in total. The fourth-order valence-electron chi connectivity index (χ4n) is 2.91. The first-order valence-electron chi connectivity index (χ1n) is 8.18. The highest BCUT2D eigenvalue weighted by molar-refractivity contribution is 5.75. The molecule has 0 fully saturated rings. The largest absolute Gasteiger partial charge is 0.440 e. The van der Waals surface area contributed by atoms with E-state index < -0.39 is 0 Å². The second-order valence-electron chi connectivity index (χ2n) is 5.77. The number of hydrogen-bond acceptors (Lipinski definition) is 4. The van der Waals surface area contributed by atoms with Crippen LogP contribution in [0.4, 0.5) is 4.79 Å². The average Bonchev–Trinajstić information content (AvgIpc) is 3.15. The summed E-state index contributed by atoms with van der Waals surface area (Å²) in [5.74, 6) is 1.29. The number of carbonyl (C=O) groups is 1. The summed E-state index contributed by atoms with van der Waals surface area (Å²) in [6.45, 7) is 8.72. The van der Waals surface area contributed by atoms with Crippen molar-refractivity contribution >= 4 is 6.03 Å². The highest BCUT2D eigenvalue weighted by atomic mass is 16.4. The lowest BCUT2D eigenvalue weighted by Gasteiger charge is -2.27. The Morgan fingerprint density at radius 1 is 1.43 bits per heavy atom. The van der Waals surface area contributed by atoms with Gasteiger partial charge in [-0.05, 0) is 20.3 Å². The third-order valence-corrected chi connectivity index (χ3v) is 4.07. The number of hydrogen-bond donors (Lipinski definition) is 1. The Hall–Kier alpha value is -2.31. The molecule has 0 spiro atoms. The lowest BCUT2D eigenvalue weighted by molar-refractivity contribution is 0.192. The molecule has 2 aromatic rings. The van der Waals surface area contributed by atoms with Crippen molar-refractivity contribution in [2.24, 2.45) is 0 Å². The number of urea groups is 1. The summed E-state index contributed by atoms with van der Waals surface area (Å²) >= 11 is 0. The van der Waals surface area contributed by atoms with Crippen molar-refractivity contribution in [1.82, 2.24) is 25.0 Å². The monoisotopic (exact) mass is 317 g/mol. The van der Waals surface area contributed by atoms with Gasteiger partial charge < -0.3 is 14.6 Å². The predicted molar refractivity (Wildman–Crippen MR) is 85.9 cm³/mol. The number of amides is 2. The SMILES string of the molecule is CCCNC(=O)N1CCc2c(c(-c3ncc(C)o3)nn2CC)C1. The van der Waals surface area contributed by atoms with Gasteiger partial charge in [0.15, 0.2) is 5.69 Å². The van der Waals surface area contributed by atoms with E-state index in [0.29, 0.717) is 25.5 Å². The number of aromatic nitrogens is 3. The number of nitrogens with one attached hydrogen (secondary N) is 1. The third kappa shape index (κ3) is 2.95. The Kier molecular flexibility index (Phi) is 4.36. The molecule has 1 aliphatic rings. The molecule has 0 radical (unpaired) electrons. The van der Waals surface area contributed by atoms with Crippen LogP contribution in [-0.4, -0.2) is 38.8 Å². The van der Waals surface area contributed by atoms with Gasteiger partial charge in [0.05, 0.1) is 12.7 Å². The van der Waals surface area contributed by atoms with E-state index in [2.05, 4.69) is 22.3 Å². The van der Waals surface area contributed by atoms with E-state index in [1.54, 1.807) is 6.20 Å². The van der Waals surface area contributed by atoms with Gasteiger partial charge in [0.25, 0.3) is 0 Å². The number of fused-ring (bicyclic) bond motifs is 1. The zero-order chi connectivity index (χ0) is 16.4. The van der Waals surface area contributed by atoms with Gasteiger partial charge in [0, 0.05) is 37.3 Å². The molecule has 0 saturated carbocycles. The minimum absolute atomic E-state index is 0.0173. The molecule has 124 valence electrons. The zero-order valence-electron chi connectivity index (χ0n) is 13.9. The molecule has 3 rings (SSSR count). The van der Waals surface area contributed by atoms with Crippen molar-refractivity contribution in [2.45, 2.75) is 46.7 Å². The Balaban J connectivity index is 1.91. The molecule has 1 aliphatic heterocycles. The summed E-state index contributed by atoms with van der Waals surface area (Å²) in [6.07, 6.45) is 3.43. The van der Waals surface area contributed by atoms with E-state index >= 15 is 0 Å². The first kappa shape index (κ1) is 15.6. The Labute approximate surface area is 135 Å². The Bertz CT molecular complexity index is 703. The van der Waals surface area contributed by atoms with Crippen LogP contribution in [0.3, 0.4) is 0 Å². The summed E-state index contributed by atoms with van der Waals surface area (Å²) < 4.78 is 7.64. The molecule has 0 unspecified atom stereocenters. The van der Waals surface area contributed by atoms with E-state index in [0.717, 1.165) is 36.4 Å². The fourth-order valence-corrected chi connectivity index (χ4v) is 2.91. The van der Waals surface area contributed by atoms with Crippen LogP contribution in [0.15, 0.2) is 10.6 Å². The molecule has 0 aromatic carbocycles. The van der Waals surface area contributed by atoms with Gasteiger partial charge in [-0.25, -0.2) is 9.78 Å². The normalized spacial score (nSPS) is 14.0. The van der Waals surface area contributed by atoms with Crippen molar-refractivity contribution in [3.63, 3.8) is 0 Å². The van der Waals surface area contributed by atoms with Crippen LogP contribution in [-0.2, 0) is 19.5 Å².